The predicted molar refractivity (Wildman–Crippen MR) is 97.5 cm³/mol. The molecule has 1 aliphatic rings. The minimum absolute atomic E-state index is 0. The quantitative estimate of drug-likeness (QED) is 0.482. The molecular formula is C20H15B2Y2-3. The van der Waals surface area contributed by atoms with E-state index in [0.29, 0.717) is 17.4 Å². The number of allylic oxidation sites excluding steroid dienone is 7. The summed E-state index contributed by atoms with van der Waals surface area (Å²) in [5.74, 6) is 0. The van der Waals surface area contributed by atoms with Gasteiger partial charge in [-0.15, -0.1) is 47.6 Å². The van der Waals surface area contributed by atoms with Crippen LogP contribution in [0.1, 0.15) is 30.0 Å². The number of benzene rings is 1. The van der Waals surface area contributed by atoms with Crippen LogP contribution in [0.5, 0.6) is 0 Å². The number of hydrogen-bond donors (Lipinski definition) is 0. The Bertz CT molecular complexity index is 738. The van der Waals surface area contributed by atoms with Crippen molar-refractivity contribution in [2.75, 3.05) is 0 Å². The second kappa shape index (κ2) is 11.6. The van der Waals surface area contributed by atoms with E-state index >= 15 is 0 Å². The molecule has 0 saturated carbocycles. The standard InChI is InChI=1S/C20H15B2.2Y/c1-4-7-15-9-17(6-3)19(20(22)13-15)12-16-8-14(5-2)10-18(21)11-16;;/h2,4-9,12H,3,11H2,1H3;;/q-3;;/b7-4-,16-12-;;. The molecule has 110 valence electrons. The molecule has 2 rings (SSSR count). The third-order valence-electron chi connectivity index (χ3n) is 3.31. The Morgan fingerprint density at radius 1 is 1.29 bits per heavy atom. The monoisotopic (exact) mass is 455 g/mol. The summed E-state index contributed by atoms with van der Waals surface area (Å²) in [6.07, 6.45) is 14.8. The van der Waals surface area contributed by atoms with Crippen LogP contribution in [0.25, 0.3) is 18.2 Å². The van der Waals surface area contributed by atoms with Gasteiger partial charge in [0, 0.05) is 65.4 Å². The van der Waals surface area contributed by atoms with Gasteiger partial charge < -0.3 is 18.2 Å². The molecule has 0 saturated heterocycles. The van der Waals surface area contributed by atoms with Crippen LogP contribution in [-0.4, -0.2) is 15.7 Å². The van der Waals surface area contributed by atoms with Gasteiger partial charge in [-0.2, -0.15) is 22.6 Å². The van der Waals surface area contributed by atoms with E-state index in [0.717, 1.165) is 27.8 Å². The zero-order chi connectivity index (χ0) is 16.1. The van der Waals surface area contributed by atoms with Crippen molar-refractivity contribution in [2.45, 2.75) is 13.3 Å². The van der Waals surface area contributed by atoms with Gasteiger partial charge in [0.2, 0.25) is 0 Å². The van der Waals surface area contributed by atoms with Crippen LogP contribution in [0.3, 0.4) is 0 Å². The molecule has 6 radical (unpaired) electrons. The van der Waals surface area contributed by atoms with Crippen molar-refractivity contribution in [2.24, 2.45) is 0 Å². The second-order valence-electron chi connectivity index (χ2n) is 5.02. The van der Waals surface area contributed by atoms with Crippen molar-refractivity contribution in [1.29, 1.82) is 0 Å². The Kier molecular flexibility index (Phi) is 11.6. The van der Waals surface area contributed by atoms with Gasteiger partial charge in [0.05, 0.1) is 15.7 Å². The Morgan fingerprint density at radius 3 is 2.58 bits per heavy atom. The van der Waals surface area contributed by atoms with Gasteiger partial charge >= 0.3 is 0 Å². The molecule has 0 atom stereocenters. The van der Waals surface area contributed by atoms with Gasteiger partial charge in [-0.05, 0) is 6.42 Å². The summed E-state index contributed by atoms with van der Waals surface area (Å²) in [6.45, 7) is 11.4. The molecule has 1 aromatic carbocycles. The Morgan fingerprint density at radius 2 is 2.00 bits per heavy atom. The van der Waals surface area contributed by atoms with Gasteiger partial charge in [-0.1, -0.05) is 13.0 Å². The summed E-state index contributed by atoms with van der Waals surface area (Å²) in [7, 11) is 12.1. The van der Waals surface area contributed by atoms with Crippen molar-refractivity contribution in [1.82, 2.24) is 0 Å². The van der Waals surface area contributed by atoms with Gasteiger partial charge in [0.15, 0.2) is 0 Å². The largest absolute Gasteiger partial charge is 0.361 e. The van der Waals surface area contributed by atoms with E-state index in [1.807, 2.05) is 37.3 Å². The van der Waals surface area contributed by atoms with Crippen LogP contribution >= 0.6 is 0 Å². The average molecular weight is 455 g/mol. The van der Waals surface area contributed by atoms with E-state index in [9.17, 15) is 0 Å². The average Bonchev–Trinajstić information content (AvgIpc) is 2.49. The molecule has 0 fully saturated rings. The summed E-state index contributed by atoms with van der Waals surface area (Å²) < 4.78 is 0. The van der Waals surface area contributed by atoms with Crippen molar-refractivity contribution in [3.05, 3.63) is 82.9 Å². The van der Waals surface area contributed by atoms with Crippen molar-refractivity contribution < 1.29 is 65.4 Å². The normalized spacial score (nSPS) is 15.1. The fraction of sp³-hybridized carbons (Fsp3) is 0.100. The van der Waals surface area contributed by atoms with E-state index in [1.54, 1.807) is 6.08 Å². The van der Waals surface area contributed by atoms with Crippen molar-refractivity contribution >= 4 is 39.4 Å². The molecule has 4 heteroatoms. The molecule has 1 aliphatic carbocycles. The third-order valence-corrected chi connectivity index (χ3v) is 3.31. The van der Waals surface area contributed by atoms with Gasteiger partial charge in [0.1, 0.15) is 0 Å². The zero-order valence-corrected chi connectivity index (χ0v) is 19.5. The van der Waals surface area contributed by atoms with Crippen LogP contribution in [0.2, 0.25) is 0 Å². The fourth-order valence-electron chi connectivity index (χ4n) is 2.36. The maximum Gasteiger partial charge on any atom is 0.0866 e. The first kappa shape index (κ1) is 24.0. The summed E-state index contributed by atoms with van der Waals surface area (Å²) >= 11 is 0. The Labute approximate surface area is 198 Å². The van der Waals surface area contributed by atoms with Crippen LogP contribution in [-0.2, 0) is 65.4 Å². The molecular weight excluding hydrogens is 440 g/mol. The van der Waals surface area contributed by atoms with Crippen molar-refractivity contribution in [3.8, 4) is 0 Å². The smallest absolute Gasteiger partial charge is 0.0866 e. The molecule has 0 spiro atoms. The second-order valence-corrected chi connectivity index (χ2v) is 5.02. The van der Waals surface area contributed by atoms with E-state index in [-0.39, 0.29) is 65.4 Å². The molecule has 0 aliphatic heterocycles. The summed E-state index contributed by atoms with van der Waals surface area (Å²) in [5, 5.41) is 0. The topological polar surface area (TPSA) is 0 Å². The molecule has 1 aromatic rings. The van der Waals surface area contributed by atoms with Gasteiger partial charge in [-0.25, -0.2) is 6.08 Å². The molecule has 0 aromatic heterocycles. The van der Waals surface area contributed by atoms with E-state index in [4.69, 9.17) is 22.3 Å². The molecule has 0 amide bonds. The maximum atomic E-state index is 6.16. The first-order chi connectivity index (χ1) is 10.6. The zero-order valence-electron chi connectivity index (χ0n) is 13.8. The summed E-state index contributed by atoms with van der Waals surface area (Å²) in [4.78, 5) is 0. The molecule has 0 bridgehead atoms. The fourth-order valence-corrected chi connectivity index (χ4v) is 2.36. The first-order valence-corrected chi connectivity index (χ1v) is 7.03. The maximum absolute atomic E-state index is 6.16. The molecule has 0 heterocycles. The summed E-state index contributed by atoms with van der Waals surface area (Å²) in [5.41, 5.74) is 5.81. The van der Waals surface area contributed by atoms with E-state index in [1.165, 1.54) is 6.08 Å². The Hall–Kier alpha value is -0.00234. The minimum Gasteiger partial charge on any atom is -0.361 e. The first-order valence-electron chi connectivity index (χ1n) is 7.03. The third kappa shape index (κ3) is 6.38. The summed E-state index contributed by atoms with van der Waals surface area (Å²) in [6, 6.07) is 5.17. The molecule has 0 nitrogen and oxygen atoms in total. The predicted octanol–water partition coefficient (Wildman–Crippen LogP) is 3.51. The van der Waals surface area contributed by atoms with Crippen LogP contribution in [0, 0.1) is 18.7 Å². The minimum atomic E-state index is 0. The number of hydrogen-bond acceptors (Lipinski definition) is 0. The van der Waals surface area contributed by atoms with Crippen LogP contribution in [0.4, 0.5) is 0 Å². The van der Waals surface area contributed by atoms with E-state index < -0.39 is 0 Å². The Balaban J connectivity index is 0.00000264. The van der Waals surface area contributed by atoms with Gasteiger partial charge in [-0.3, -0.25) is 6.08 Å². The molecule has 24 heavy (non-hydrogen) atoms. The molecule has 0 N–H and O–H groups in total. The van der Waals surface area contributed by atoms with Crippen LogP contribution < -0.4 is 5.46 Å². The van der Waals surface area contributed by atoms with Crippen molar-refractivity contribution in [3.63, 3.8) is 0 Å². The van der Waals surface area contributed by atoms with E-state index in [2.05, 4.69) is 18.7 Å². The SMILES string of the molecule is [B]C1=[C-]C(C=[CH-])=C/C(=C/c2c([B])[c-]c(/C=C\C)cc2C=C)C1.[Y].[Y]. The van der Waals surface area contributed by atoms with Crippen LogP contribution in [0.15, 0.2) is 47.5 Å². The van der Waals surface area contributed by atoms with Gasteiger partial charge in [0.25, 0.3) is 0 Å². The number of rotatable bonds is 4. The molecule has 0 unspecified atom stereocenters.